The minimum absolute atomic E-state index is 0.00801. The number of rotatable bonds is 4. The molecule has 1 aliphatic heterocycles. The Labute approximate surface area is 112 Å². The Balaban J connectivity index is 1.99. The molecular formula is C14H18N2O3. The second-order valence-corrected chi connectivity index (χ2v) is 4.63. The summed E-state index contributed by atoms with van der Waals surface area (Å²) in [5.74, 6) is -0.299. The van der Waals surface area contributed by atoms with Gasteiger partial charge in [0.1, 0.15) is 0 Å². The quantitative estimate of drug-likeness (QED) is 0.839. The zero-order valence-corrected chi connectivity index (χ0v) is 11.2. The number of esters is 1. The Morgan fingerprint density at radius 3 is 2.89 bits per heavy atom. The maximum atomic E-state index is 11.8. The van der Waals surface area contributed by atoms with Crippen LogP contribution < -0.4 is 5.32 Å². The van der Waals surface area contributed by atoms with Crippen molar-refractivity contribution in [3.05, 3.63) is 35.4 Å². The van der Waals surface area contributed by atoms with Crippen LogP contribution in [0.15, 0.2) is 24.3 Å². The van der Waals surface area contributed by atoms with Crippen molar-refractivity contribution in [2.24, 2.45) is 0 Å². The van der Waals surface area contributed by atoms with Gasteiger partial charge >= 0.3 is 12.0 Å². The van der Waals surface area contributed by atoms with Gasteiger partial charge in [-0.1, -0.05) is 24.3 Å². The number of nitrogens with zero attached hydrogens (tertiary/aromatic N) is 1. The lowest BCUT2D eigenvalue weighted by atomic mass is 10.0. The molecule has 1 unspecified atom stereocenters. The molecule has 0 bridgehead atoms. The number of hydrogen-bond donors (Lipinski definition) is 1. The summed E-state index contributed by atoms with van der Waals surface area (Å²) in [6.45, 7) is 3.00. The van der Waals surface area contributed by atoms with Gasteiger partial charge < -0.3 is 15.0 Å². The lowest BCUT2D eigenvalue weighted by molar-refractivity contribution is -0.140. The van der Waals surface area contributed by atoms with Crippen molar-refractivity contribution in [3.8, 4) is 0 Å². The topological polar surface area (TPSA) is 58.6 Å². The fourth-order valence-electron chi connectivity index (χ4n) is 2.26. The van der Waals surface area contributed by atoms with Crippen LogP contribution in [0, 0.1) is 6.92 Å². The van der Waals surface area contributed by atoms with E-state index in [9.17, 15) is 9.59 Å². The zero-order chi connectivity index (χ0) is 13.8. The van der Waals surface area contributed by atoms with E-state index < -0.39 is 0 Å². The van der Waals surface area contributed by atoms with E-state index in [1.165, 1.54) is 7.11 Å². The molecule has 1 heterocycles. The number of hydrogen-bond acceptors (Lipinski definition) is 3. The van der Waals surface area contributed by atoms with Crippen LogP contribution in [-0.4, -0.2) is 37.1 Å². The van der Waals surface area contributed by atoms with Crippen LogP contribution in [0.4, 0.5) is 4.79 Å². The second-order valence-electron chi connectivity index (χ2n) is 4.63. The van der Waals surface area contributed by atoms with Gasteiger partial charge in [-0.15, -0.1) is 0 Å². The summed E-state index contributed by atoms with van der Waals surface area (Å²) in [6, 6.07) is 7.85. The van der Waals surface area contributed by atoms with E-state index >= 15 is 0 Å². The number of carbonyl (C=O) groups excluding carboxylic acids is 2. The van der Waals surface area contributed by atoms with Crippen LogP contribution in [0.3, 0.4) is 0 Å². The minimum Gasteiger partial charge on any atom is -0.469 e. The van der Waals surface area contributed by atoms with Crippen molar-refractivity contribution in [3.63, 3.8) is 0 Å². The highest BCUT2D eigenvalue weighted by Gasteiger charge is 2.30. The maximum absolute atomic E-state index is 11.8. The Morgan fingerprint density at radius 2 is 2.21 bits per heavy atom. The van der Waals surface area contributed by atoms with Gasteiger partial charge in [0.2, 0.25) is 0 Å². The molecule has 5 nitrogen and oxygen atoms in total. The lowest BCUT2D eigenvalue weighted by Gasteiger charge is -2.14. The highest BCUT2D eigenvalue weighted by molar-refractivity contribution is 5.78. The molecule has 5 heteroatoms. The van der Waals surface area contributed by atoms with E-state index in [1.54, 1.807) is 4.90 Å². The molecule has 2 rings (SSSR count). The summed E-state index contributed by atoms with van der Waals surface area (Å²) in [5, 5.41) is 2.94. The molecular weight excluding hydrogens is 244 g/mol. The minimum atomic E-state index is -0.299. The van der Waals surface area contributed by atoms with E-state index in [0.717, 1.165) is 11.1 Å². The summed E-state index contributed by atoms with van der Waals surface area (Å²) in [4.78, 5) is 24.6. The number of methoxy groups -OCH3 is 1. The van der Waals surface area contributed by atoms with E-state index in [1.807, 2.05) is 31.2 Å². The summed E-state index contributed by atoms with van der Waals surface area (Å²) >= 11 is 0. The summed E-state index contributed by atoms with van der Waals surface area (Å²) < 4.78 is 4.58. The molecule has 1 atom stereocenters. The van der Waals surface area contributed by atoms with Crippen molar-refractivity contribution in [1.29, 1.82) is 0 Å². The predicted octanol–water partition coefficient (Wildman–Crippen LogP) is 1.62. The molecule has 0 radical (unpaired) electrons. The first-order valence-corrected chi connectivity index (χ1v) is 6.29. The number of nitrogens with one attached hydrogen (secondary N) is 1. The number of aryl methyl sites for hydroxylation is 1. The van der Waals surface area contributed by atoms with Crippen molar-refractivity contribution < 1.29 is 14.3 Å². The standard InChI is InChI=1S/C14H18N2O3/c1-10-5-3-4-6-11(10)12-9-16(14(18)15-12)8-7-13(17)19-2/h3-6,12H,7-9H2,1-2H3,(H,15,18). The molecule has 102 valence electrons. The zero-order valence-electron chi connectivity index (χ0n) is 11.2. The predicted molar refractivity (Wildman–Crippen MR) is 70.7 cm³/mol. The average molecular weight is 262 g/mol. The summed E-state index contributed by atoms with van der Waals surface area (Å²) in [6.07, 6.45) is 0.227. The van der Waals surface area contributed by atoms with Crippen molar-refractivity contribution in [2.75, 3.05) is 20.2 Å². The number of ether oxygens (including phenoxy) is 1. The molecule has 2 amide bonds. The SMILES string of the molecule is COC(=O)CCN1CC(c2ccccc2C)NC1=O. The van der Waals surface area contributed by atoms with Gasteiger partial charge in [-0.05, 0) is 18.1 Å². The van der Waals surface area contributed by atoms with Crippen LogP contribution in [0.1, 0.15) is 23.6 Å². The highest BCUT2D eigenvalue weighted by Crippen LogP contribution is 2.23. The molecule has 0 spiro atoms. The molecule has 0 aliphatic carbocycles. The van der Waals surface area contributed by atoms with E-state index in [-0.39, 0.29) is 24.5 Å². The van der Waals surface area contributed by atoms with E-state index in [0.29, 0.717) is 13.1 Å². The van der Waals surface area contributed by atoms with E-state index in [4.69, 9.17) is 0 Å². The van der Waals surface area contributed by atoms with Gasteiger partial charge in [-0.3, -0.25) is 4.79 Å². The van der Waals surface area contributed by atoms with Crippen molar-refractivity contribution >= 4 is 12.0 Å². The molecule has 19 heavy (non-hydrogen) atoms. The van der Waals surface area contributed by atoms with Crippen molar-refractivity contribution in [2.45, 2.75) is 19.4 Å². The Morgan fingerprint density at radius 1 is 1.47 bits per heavy atom. The molecule has 1 aliphatic rings. The van der Waals surface area contributed by atoms with Crippen LogP contribution in [0.2, 0.25) is 0 Å². The number of amides is 2. The van der Waals surface area contributed by atoms with Crippen molar-refractivity contribution in [1.82, 2.24) is 10.2 Å². The average Bonchev–Trinajstić information content (AvgIpc) is 2.77. The molecule has 0 aromatic heterocycles. The third-order valence-corrected chi connectivity index (χ3v) is 3.37. The Hall–Kier alpha value is -2.04. The highest BCUT2D eigenvalue weighted by atomic mass is 16.5. The number of benzene rings is 1. The van der Waals surface area contributed by atoms with Gasteiger partial charge in [-0.25, -0.2) is 4.79 Å². The molecule has 0 saturated carbocycles. The van der Waals surface area contributed by atoms with Crippen LogP contribution in [0.5, 0.6) is 0 Å². The van der Waals surface area contributed by atoms with Gasteiger partial charge in [0, 0.05) is 13.1 Å². The second kappa shape index (κ2) is 5.73. The van der Waals surface area contributed by atoms with Gasteiger partial charge in [-0.2, -0.15) is 0 Å². The van der Waals surface area contributed by atoms with Gasteiger partial charge in [0.15, 0.2) is 0 Å². The smallest absolute Gasteiger partial charge is 0.318 e. The third kappa shape index (κ3) is 3.05. The fourth-order valence-corrected chi connectivity index (χ4v) is 2.26. The Bertz CT molecular complexity index is 487. The first kappa shape index (κ1) is 13.4. The molecule has 1 aromatic carbocycles. The summed E-state index contributed by atoms with van der Waals surface area (Å²) in [7, 11) is 1.35. The van der Waals surface area contributed by atoms with Crippen LogP contribution in [-0.2, 0) is 9.53 Å². The van der Waals surface area contributed by atoms with E-state index in [2.05, 4.69) is 10.1 Å². The molecule has 1 fully saturated rings. The largest absolute Gasteiger partial charge is 0.469 e. The monoisotopic (exact) mass is 262 g/mol. The molecule has 1 saturated heterocycles. The van der Waals surface area contributed by atoms with Gasteiger partial charge in [0.05, 0.1) is 19.6 Å². The van der Waals surface area contributed by atoms with Gasteiger partial charge in [0.25, 0.3) is 0 Å². The van der Waals surface area contributed by atoms with Crippen LogP contribution >= 0.6 is 0 Å². The molecule has 1 N–H and O–H groups in total. The molecule has 1 aromatic rings. The van der Waals surface area contributed by atoms with Crippen LogP contribution in [0.25, 0.3) is 0 Å². The third-order valence-electron chi connectivity index (χ3n) is 3.37. The maximum Gasteiger partial charge on any atom is 0.318 e. The lowest BCUT2D eigenvalue weighted by Crippen LogP contribution is -2.30. The fraction of sp³-hybridized carbons (Fsp3) is 0.429. The number of carbonyl (C=O) groups is 2. The Kier molecular flexibility index (Phi) is 4.04. The number of urea groups is 1. The first-order valence-electron chi connectivity index (χ1n) is 6.29. The first-order chi connectivity index (χ1) is 9.11. The normalized spacial score (nSPS) is 18.3. The summed E-state index contributed by atoms with van der Waals surface area (Å²) in [5.41, 5.74) is 2.28.